The molecule has 0 spiro atoms. The van der Waals surface area contributed by atoms with Crippen LogP contribution in [-0.2, 0) is 4.79 Å². The molecule has 2 N–H and O–H groups in total. The summed E-state index contributed by atoms with van der Waals surface area (Å²) in [6.45, 7) is 10.8. The van der Waals surface area contributed by atoms with Crippen molar-refractivity contribution in [3.05, 3.63) is 34.9 Å². The van der Waals surface area contributed by atoms with Crippen molar-refractivity contribution in [2.24, 2.45) is 0 Å². The molecule has 4 heteroatoms. The maximum Gasteiger partial charge on any atom is 0.252 e. The Morgan fingerprint density at radius 1 is 1.05 bits per heavy atom. The van der Waals surface area contributed by atoms with Crippen molar-refractivity contribution in [3.8, 4) is 0 Å². The molecule has 0 aliphatic rings. The van der Waals surface area contributed by atoms with Gasteiger partial charge in [0.2, 0.25) is 5.91 Å². The quantitative estimate of drug-likeness (QED) is 0.846. The average molecular weight is 290 g/mol. The van der Waals surface area contributed by atoms with E-state index in [1.807, 2.05) is 19.1 Å². The van der Waals surface area contributed by atoms with Gasteiger partial charge in [-0.2, -0.15) is 0 Å². The summed E-state index contributed by atoms with van der Waals surface area (Å²) in [4.78, 5) is 23.7. The third-order valence-electron chi connectivity index (χ3n) is 3.39. The van der Waals surface area contributed by atoms with Gasteiger partial charge in [0.05, 0.1) is 6.54 Å². The lowest BCUT2D eigenvalue weighted by Crippen LogP contribution is -2.37. The summed E-state index contributed by atoms with van der Waals surface area (Å²) in [5.74, 6) is 0.319. The van der Waals surface area contributed by atoms with Crippen molar-refractivity contribution in [2.75, 3.05) is 13.1 Å². The summed E-state index contributed by atoms with van der Waals surface area (Å²) < 4.78 is 0. The number of amides is 2. The van der Waals surface area contributed by atoms with E-state index < -0.39 is 0 Å². The maximum absolute atomic E-state index is 12.3. The van der Waals surface area contributed by atoms with Gasteiger partial charge in [-0.05, 0) is 36.0 Å². The van der Waals surface area contributed by atoms with Crippen LogP contribution in [-0.4, -0.2) is 24.9 Å². The van der Waals surface area contributed by atoms with Gasteiger partial charge in [0.15, 0.2) is 0 Å². The molecular weight excluding hydrogens is 264 g/mol. The van der Waals surface area contributed by atoms with Gasteiger partial charge in [0.1, 0.15) is 0 Å². The molecule has 2 amide bonds. The molecule has 0 saturated carbocycles. The molecular formula is C17H26N2O2. The van der Waals surface area contributed by atoms with Crippen LogP contribution in [0, 0.1) is 0 Å². The van der Waals surface area contributed by atoms with Gasteiger partial charge in [0.25, 0.3) is 5.91 Å². The Morgan fingerprint density at radius 2 is 1.71 bits per heavy atom. The lowest BCUT2D eigenvalue weighted by Gasteiger charge is -2.16. The van der Waals surface area contributed by atoms with Crippen molar-refractivity contribution >= 4 is 11.8 Å². The van der Waals surface area contributed by atoms with Gasteiger partial charge < -0.3 is 10.6 Å². The predicted molar refractivity (Wildman–Crippen MR) is 85.6 cm³/mol. The fraction of sp³-hybridized carbons (Fsp3) is 0.529. The van der Waals surface area contributed by atoms with E-state index in [0.717, 1.165) is 5.56 Å². The molecule has 0 aliphatic heterocycles. The largest absolute Gasteiger partial charge is 0.355 e. The van der Waals surface area contributed by atoms with Gasteiger partial charge in [0, 0.05) is 12.1 Å². The van der Waals surface area contributed by atoms with Crippen molar-refractivity contribution in [3.63, 3.8) is 0 Å². The highest BCUT2D eigenvalue weighted by atomic mass is 16.2. The molecule has 0 bridgehead atoms. The van der Waals surface area contributed by atoms with E-state index in [9.17, 15) is 9.59 Å². The average Bonchev–Trinajstić information content (AvgIpc) is 2.44. The molecule has 0 unspecified atom stereocenters. The zero-order valence-electron chi connectivity index (χ0n) is 13.6. The highest BCUT2D eigenvalue weighted by molar-refractivity contribution is 5.98. The Kier molecular flexibility index (Phi) is 6.40. The molecule has 1 rings (SSSR count). The Morgan fingerprint density at radius 3 is 2.24 bits per heavy atom. The first-order valence-electron chi connectivity index (χ1n) is 7.55. The first kappa shape index (κ1) is 17.2. The van der Waals surface area contributed by atoms with Crippen LogP contribution in [0.2, 0.25) is 0 Å². The molecule has 0 aliphatic carbocycles. The van der Waals surface area contributed by atoms with E-state index in [-0.39, 0.29) is 24.3 Å². The molecule has 0 radical (unpaired) electrons. The summed E-state index contributed by atoms with van der Waals surface area (Å²) in [6.07, 6.45) is 0. The standard InChI is InChI=1S/C17H26N2O2/c1-6-18-16(20)10-19-17(21)14-8-7-13(11(2)3)9-15(14)12(4)5/h7-9,11-12H,6,10H2,1-5H3,(H,18,20)(H,19,21). The van der Waals surface area contributed by atoms with Crippen LogP contribution in [0.15, 0.2) is 18.2 Å². The topological polar surface area (TPSA) is 58.2 Å². The van der Waals surface area contributed by atoms with E-state index >= 15 is 0 Å². The van der Waals surface area contributed by atoms with E-state index in [4.69, 9.17) is 0 Å². The van der Waals surface area contributed by atoms with Crippen LogP contribution < -0.4 is 10.6 Å². The van der Waals surface area contributed by atoms with E-state index in [2.05, 4.69) is 44.4 Å². The van der Waals surface area contributed by atoms with Crippen LogP contribution in [0.1, 0.15) is 67.9 Å². The third kappa shape index (κ3) is 4.88. The van der Waals surface area contributed by atoms with Crippen LogP contribution >= 0.6 is 0 Å². The van der Waals surface area contributed by atoms with Crippen molar-refractivity contribution in [1.82, 2.24) is 10.6 Å². The Bertz CT molecular complexity index is 508. The van der Waals surface area contributed by atoms with Crippen LogP contribution in [0.5, 0.6) is 0 Å². The van der Waals surface area contributed by atoms with E-state index in [0.29, 0.717) is 18.0 Å². The first-order chi connectivity index (χ1) is 9.86. The number of carbonyl (C=O) groups excluding carboxylic acids is 2. The normalized spacial score (nSPS) is 10.8. The molecule has 21 heavy (non-hydrogen) atoms. The minimum atomic E-state index is -0.194. The number of rotatable bonds is 6. The number of benzene rings is 1. The summed E-state index contributed by atoms with van der Waals surface area (Å²) in [5.41, 5.74) is 2.90. The molecule has 1 aromatic rings. The Hall–Kier alpha value is -1.84. The first-order valence-corrected chi connectivity index (χ1v) is 7.55. The van der Waals surface area contributed by atoms with Crippen LogP contribution in [0.4, 0.5) is 0 Å². The molecule has 4 nitrogen and oxygen atoms in total. The molecule has 0 fully saturated rings. The number of likely N-dealkylation sites (N-methyl/N-ethyl adjacent to an activating group) is 1. The molecule has 116 valence electrons. The van der Waals surface area contributed by atoms with Crippen LogP contribution in [0.25, 0.3) is 0 Å². The van der Waals surface area contributed by atoms with Gasteiger partial charge in [-0.1, -0.05) is 39.8 Å². The number of carbonyl (C=O) groups is 2. The van der Waals surface area contributed by atoms with Gasteiger partial charge in [-0.15, -0.1) is 0 Å². The lowest BCUT2D eigenvalue weighted by atomic mass is 9.91. The van der Waals surface area contributed by atoms with E-state index in [1.165, 1.54) is 5.56 Å². The zero-order chi connectivity index (χ0) is 16.0. The monoisotopic (exact) mass is 290 g/mol. The summed E-state index contributed by atoms with van der Waals surface area (Å²) >= 11 is 0. The summed E-state index contributed by atoms with van der Waals surface area (Å²) in [7, 11) is 0. The number of nitrogens with one attached hydrogen (secondary N) is 2. The van der Waals surface area contributed by atoms with Crippen molar-refractivity contribution < 1.29 is 9.59 Å². The Balaban J connectivity index is 2.90. The fourth-order valence-electron chi connectivity index (χ4n) is 2.14. The fourth-order valence-corrected chi connectivity index (χ4v) is 2.14. The number of hydrogen-bond donors (Lipinski definition) is 2. The second-order valence-corrected chi connectivity index (χ2v) is 5.79. The molecule has 0 atom stereocenters. The molecule has 0 aromatic heterocycles. The minimum absolute atomic E-state index is 0.0101. The molecule has 0 saturated heterocycles. The van der Waals surface area contributed by atoms with Gasteiger partial charge >= 0.3 is 0 Å². The third-order valence-corrected chi connectivity index (χ3v) is 3.39. The predicted octanol–water partition coefficient (Wildman–Crippen LogP) is 2.80. The smallest absolute Gasteiger partial charge is 0.252 e. The highest BCUT2D eigenvalue weighted by Crippen LogP contribution is 2.24. The summed E-state index contributed by atoms with van der Waals surface area (Å²) in [6, 6.07) is 5.94. The van der Waals surface area contributed by atoms with Crippen molar-refractivity contribution in [2.45, 2.75) is 46.5 Å². The molecule has 1 aromatic carbocycles. The molecule has 0 heterocycles. The minimum Gasteiger partial charge on any atom is -0.355 e. The van der Waals surface area contributed by atoms with Gasteiger partial charge in [-0.3, -0.25) is 9.59 Å². The summed E-state index contributed by atoms with van der Waals surface area (Å²) in [5, 5.41) is 5.34. The van der Waals surface area contributed by atoms with Gasteiger partial charge in [-0.25, -0.2) is 0 Å². The van der Waals surface area contributed by atoms with Crippen molar-refractivity contribution in [1.29, 1.82) is 0 Å². The highest BCUT2D eigenvalue weighted by Gasteiger charge is 2.16. The number of hydrogen-bond acceptors (Lipinski definition) is 2. The second kappa shape index (κ2) is 7.81. The van der Waals surface area contributed by atoms with Crippen LogP contribution in [0.3, 0.4) is 0 Å². The Labute approximate surface area is 127 Å². The maximum atomic E-state index is 12.3. The van der Waals surface area contributed by atoms with E-state index in [1.54, 1.807) is 0 Å². The zero-order valence-corrected chi connectivity index (χ0v) is 13.6. The second-order valence-electron chi connectivity index (χ2n) is 5.79. The SMILES string of the molecule is CCNC(=O)CNC(=O)c1ccc(C(C)C)cc1C(C)C. The lowest BCUT2D eigenvalue weighted by molar-refractivity contribution is -0.120.